The second kappa shape index (κ2) is 8.64. The maximum absolute atomic E-state index is 12.1. The summed E-state index contributed by atoms with van der Waals surface area (Å²) in [7, 11) is 0. The molecule has 1 aromatic heterocycles. The lowest BCUT2D eigenvalue weighted by atomic mass is 10.1. The van der Waals surface area contributed by atoms with Gasteiger partial charge in [0.25, 0.3) is 5.91 Å². The number of amides is 2. The summed E-state index contributed by atoms with van der Waals surface area (Å²) in [6, 6.07) is 13.0. The zero-order chi connectivity index (χ0) is 19.2. The van der Waals surface area contributed by atoms with E-state index in [4.69, 9.17) is 4.74 Å². The van der Waals surface area contributed by atoms with Gasteiger partial charge in [0.05, 0.1) is 16.8 Å². The van der Waals surface area contributed by atoms with Crippen LogP contribution in [0.25, 0.3) is 10.2 Å². The fraction of sp³-hybridized carbons (Fsp3) is 0.250. The highest BCUT2D eigenvalue weighted by molar-refractivity contribution is 7.22. The van der Waals surface area contributed by atoms with Crippen LogP contribution < -0.4 is 15.4 Å². The van der Waals surface area contributed by atoms with Crippen LogP contribution >= 0.6 is 11.3 Å². The van der Waals surface area contributed by atoms with Crippen LogP contribution in [0.3, 0.4) is 0 Å². The second-order valence-corrected chi connectivity index (χ2v) is 7.04. The molecule has 0 radical (unpaired) electrons. The van der Waals surface area contributed by atoms with Crippen LogP contribution in [0.5, 0.6) is 5.75 Å². The van der Waals surface area contributed by atoms with Crippen molar-refractivity contribution < 1.29 is 14.3 Å². The highest BCUT2D eigenvalue weighted by Gasteiger charge is 2.10. The molecule has 0 bridgehead atoms. The van der Waals surface area contributed by atoms with Gasteiger partial charge in [0.1, 0.15) is 5.75 Å². The van der Waals surface area contributed by atoms with Gasteiger partial charge in [-0.2, -0.15) is 0 Å². The van der Waals surface area contributed by atoms with Gasteiger partial charge in [-0.25, -0.2) is 4.98 Å². The van der Waals surface area contributed by atoms with Crippen molar-refractivity contribution in [2.24, 2.45) is 0 Å². The predicted octanol–water partition coefficient (Wildman–Crippen LogP) is 3.76. The number of carbonyl (C=O) groups is 2. The van der Waals surface area contributed by atoms with Gasteiger partial charge < -0.3 is 15.4 Å². The van der Waals surface area contributed by atoms with Crippen LogP contribution in [0.1, 0.15) is 29.3 Å². The van der Waals surface area contributed by atoms with E-state index in [2.05, 4.69) is 15.6 Å². The lowest BCUT2D eigenvalue weighted by Crippen LogP contribution is -2.27. The maximum atomic E-state index is 12.1. The number of carbonyl (C=O) groups excluding carboxylic acids is 2. The summed E-state index contributed by atoms with van der Waals surface area (Å²) in [4.78, 5) is 28.6. The predicted molar refractivity (Wildman–Crippen MR) is 108 cm³/mol. The number of nitrogens with one attached hydrogen (secondary N) is 2. The molecule has 0 atom stereocenters. The molecule has 0 aliphatic carbocycles. The van der Waals surface area contributed by atoms with Crippen molar-refractivity contribution in [2.75, 3.05) is 18.5 Å². The van der Waals surface area contributed by atoms with E-state index in [1.807, 2.05) is 50.2 Å². The average Bonchev–Trinajstić information content (AvgIpc) is 3.03. The van der Waals surface area contributed by atoms with Gasteiger partial charge >= 0.3 is 0 Å². The number of aromatic nitrogens is 1. The summed E-state index contributed by atoms with van der Waals surface area (Å²) in [6.45, 7) is 4.72. The molecule has 0 fully saturated rings. The molecule has 0 aliphatic heterocycles. The topological polar surface area (TPSA) is 80.3 Å². The number of anilines is 1. The second-order valence-electron chi connectivity index (χ2n) is 6.01. The number of hydrogen-bond donors (Lipinski definition) is 2. The molecular formula is C20H21N3O3S. The summed E-state index contributed by atoms with van der Waals surface area (Å²) in [5, 5.41) is 6.08. The third-order valence-electron chi connectivity index (χ3n) is 3.84. The summed E-state index contributed by atoms with van der Waals surface area (Å²) < 4.78 is 6.42. The van der Waals surface area contributed by atoms with Gasteiger partial charge in [0.15, 0.2) is 5.13 Å². The quantitative estimate of drug-likeness (QED) is 0.651. The number of thiazole rings is 1. The van der Waals surface area contributed by atoms with Gasteiger partial charge in [0.2, 0.25) is 5.91 Å². The zero-order valence-electron chi connectivity index (χ0n) is 15.2. The van der Waals surface area contributed by atoms with Crippen molar-refractivity contribution in [3.8, 4) is 5.75 Å². The van der Waals surface area contributed by atoms with E-state index in [0.717, 1.165) is 21.5 Å². The molecule has 3 aromatic rings. The number of rotatable bonds is 7. The Balaban J connectivity index is 1.51. The smallest absolute Gasteiger partial charge is 0.251 e. The minimum Gasteiger partial charge on any atom is -0.494 e. The molecule has 6 nitrogen and oxygen atoms in total. The van der Waals surface area contributed by atoms with Crippen LogP contribution in [0, 0.1) is 6.92 Å². The molecule has 2 aromatic carbocycles. The van der Waals surface area contributed by atoms with Gasteiger partial charge in [-0.05, 0) is 44.2 Å². The summed E-state index contributed by atoms with van der Waals surface area (Å²) in [6.07, 6.45) is 0.178. The van der Waals surface area contributed by atoms with E-state index in [-0.39, 0.29) is 24.8 Å². The van der Waals surface area contributed by atoms with Crippen LogP contribution in [0.15, 0.2) is 42.5 Å². The standard InChI is InChI=1S/C20H21N3O3S/c1-3-26-15-7-8-16-17(12-15)27-20(22-16)23-18(24)9-10-21-19(25)14-6-4-5-13(2)11-14/h4-8,11-12H,3,9-10H2,1-2H3,(H,21,25)(H,22,23,24). The molecular weight excluding hydrogens is 362 g/mol. The molecule has 0 spiro atoms. The van der Waals surface area contributed by atoms with Crippen molar-refractivity contribution >= 4 is 38.5 Å². The Labute approximate surface area is 161 Å². The first-order chi connectivity index (χ1) is 13.0. The summed E-state index contributed by atoms with van der Waals surface area (Å²) in [5.74, 6) is 0.406. The van der Waals surface area contributed by atoms with E-state index >= 15 is 0 Å². The minimum absolute atomic E-state index is 0.178. The lowest BCUT2D eigenvalue weighted by molar-refractivity contribution is -0.116. The maximum Gasteiger partial charge on any atom is 0.251 e. The van der Waals surface area contributed by atoms with Gasteiger partial charge in [-0.1, -0.05) is 29.0 Å². The van der Waals surface area contributed by atoms with E-state index in [9.17, 15) is 9.59 Å². The van der Waals surface area contributed by atoms with Crippen molar-refractivity contribution in [3.63, 3.8) is 0 Å². The molecule has 0 saturated carbocycles. The van der Waals surface area contributed by atoms with E-state index in [1.165, 1.54) is 11.3 Å². The Bertz CT molecular complexity index is 968. The fourth-order valence-electron chi connectivity index (χ4n) is 2.57. The number of ether oxygens (including phenoxy) is 1. The molecule has 7 heteroatoms. The SMILES string of the molecule is CCOc1ccc2nc(NC(=O)CCNC(=O)c3cccc(C)c3)sc2c1. The number of aryl methyl sites for hydroxylation is 1. The number of nitrogens with zero attached hydrogens (tertiary/aromatic N) is 1. The first-order valence-electron chi connectivity index (χ1n) is 8.73. The van der Waals surface area contributed by atoms with Crippen LogP contribution in [0.2, 0.25) is 0 Å². The first-order valence-corrected chi connectivity index (χ1v) is 9.55. The summed E-state index contributed by atoms with van der Waals surface area (Å²) >= 11 is 1.39. The Morgan fingerprint density at radius 1 is 1.19 bits per heavy atom. The molecule has 27 heavy (non-hydrogen) atoms. The van der Waals surface area contributed by atoms with Crippen LogP contribution in [0.4, 0.5) is 5.13 Å². The summed E-state index contributed by atoms with van der Waals surface area (Å²) in [5.41, 5.74) is 2.42. The van der Waals surface area contributed by atoms with Crippen molar-refractivity contribution in [2.45, 2.75) is 20.3 Å². The molecule has 2 amide bonds. The molecule has 0 unspecified atom stereocenters. The van der Waals surface area contributed by atoms with Gasteiger partial charge in [-0.3, -0.25) is 9.59 Å². The van der Waals surface area contributed by atoms with E-state index in [0.29, 0.717) is 17.3 Å². The fourth-order valence-corrected chi connectivity index (χ4v) is 3.49. The molecule has 0 aliphatic rings. The normalized spacial score (nSPS) is 10.6. The molecule has 3 rings (SSSR count). The first kappa shape index (κ1) is 18.8. The largest absolute Gasteiger partial charge is 0.494 e. The Kier molecular flexibility index (Phi) is 6.03. The number of benzene rings is 2. The van der Waals surface area contributed by atoms with Crippen LogP contribution in [-0.4, -0.2) is 29.9 Å². The van der Waals surface area contributed by atoms with Gasteiger partial charge in [-0.15, -0.1) is 0 Å². The number of hydrogen-bond acceptors (Lipinski definition) is 5. The zero-order valence-corrected chi connectivity index (χ0v) is 16.1. The molecule has 140 valence electrons. The van der Waals surface area contributed by atoms with Crippen molar-refractivity contribution in [1.29, 1.82) is 0 Å². The Hall–Kier alpha value is -2.93. The van der Waals surface area contributed by atoms with E-state index < -0.39 is 0 Å². The molecule has 1 heterocycles. The Morgan fingerprint density at radius 3 is 2.81 bits per heavy atom. The minimum atomic E-state index is -0.191. The highest BCUT2D eigenvalue weighted by Crippen LogP contribution is 2.29. The van der Waals surface area contributed by atoms with Crippen molar-refractivity contribution in [3.05, 3.63) is 53.6 Å². The Morgan fingerprint density at radius 2 is 2.04 bits per heavy atom. The molecule has 2 N–H and O–H groups in total. The third kappa shape index (κ3) is 5.04. The highest BCUT2D eigenvalue weighted by atomic mass is 32.1. The third-order valence-corrected chi connectivity index (χ3v) is 4.77. The average molecular weight is 383 g/mol. The lowest BCUT2D eigenvalue weighted by Gasteiger charge is -2.05. The number of fused-ring (bicyclic) bond motifs is 1. The van der Waals surface area contributed by atoms with Crippen molar-refractivity contribution in [1.82, 2.24) is 10.3 Å². The molecule has 0 saturated heterocycles. The monoisotopic (exact) mass is 383 g/mol. The van der Waals surface area contributed by atoms with Gasteiger partial charge in [0, 0.05) is 18.5 Å². The van der Waals surface area contributed by atoms with E-state index in [1.54, 1.807) is 6.07 Å². The van der Waals surface area contributed by atoms with Crippen LogP contribution in [-0.2, 0) is 4.79 Å².